The first kappa shape index (κ1) is 49.1. The predicted molar refractivity (Wildman–Crippen MR) is 284 cm³/mol. The Hall–Kier alpha value is -9.18. The maximum absolute atomic E-state index is 15.6. The summed E-state index contributed by atoms with van der Waals surface area (Å²) in [6.45, 7) is -0.0158. The number of carbonyl (C=O) groups excluding carboxylic acids is 6. The fraction of sp³-hybridized carbons (Fsp3) is 0.233. The molecule has 11 rings (SSSR count). The molecule has 384 valence electrons. The Morgan fingerprint density at radius 2 is 0.750 bits per heavy atom. The second kappa shape index (κ2) is 21.0. The van der Waals surface area contributed by atoms with E-state index in [1.165, 1.54) is 34.1 Å². The minimum Gasteiger partial charge on any atom is -0.508 e. The van der Waals surface area contributed by atoms with Crippen molar-refractivity contribution in [3.8, 4) is 11.5 Å². The number of hydrogen-bond acceptors (Lipinski definition) is 8. The summed E-state index contributed by atoms with van der Waals surface area (Å²) in [5.74, 6) is -3.77. The van der Waals surface area contributed by atoms with Gasteiger partial charge >= 0.3 is 0 Å². The number of H-pyrrole nitrogens is 2. The van der Waals surface area contributed by atoms with Crippen molar-refractivity contribution in [3.05, 3.63) is 202 Å². The molecule has 2 aromatic heterocycles. The first-order valence-electron chi connectivity index (χ1n) is 25.5. The van der Waals surface area contributed by atoms with Gasteiger partial charge in [-0.3, -0.25) is 28.8 Å². The number of fused-ring (bicyclic) bond motifs is 6. The number of hydrogen-bond donors (Lipinski definition) is 8. The summed E-state index contributed by atoms with van der Waals surface area (Å²) < 4.78 is 0. The minimum atomic E-state index is -1.30. The van der Waals surface area contributed by atoms with E-state index in [-0.39, 0.29) is 63.1 Å². The van der Waals surface area contributed by atoms with Crippen LogP contribution in [0.1, 0.15) is 44.5 Å². The number of aromatic nitrogens is 2. The van der Waals surface area contributed by atoms with Crippen LogP contribution in [-0.4, -0.2) is 102 Å². The molecule has 6 atom stereocenters. The maximum Gasteiger partial charge on any atom is 0.246 e. The summed E-state index contributed by atoms with van der Waals surface area (Å²) in [7, 11) is 0. The molecule has 8 aromatic rings. The Morgan fingerprint density at radius 3 is 1.16 bits per heavy atom. The SMILES string of the molecule is O=C1N[C@@H](Cc2ccc(O)cc2)C(=O)N2Cc3ccccc3C[C@@H]2C(=O)N[C@@H](Cc2c[nH]c3ccccc23)C(=O)N[C@@H](Cc2ccc(O)cc2)C(=O)N2Cc3ccccc3C[C@@H]2C(=O)N[C@H]1Cc1c[nH]c2ccccc12. The van der Waals surface area contributed by atoms with Crippen LogP contribution in [0.2, 0.25) is 0 Å². The largest absolute Gasteiger partial charge is 0.508 e. The highest BCUT2D eigenvalue weighted by Crippen LogP contribution is 2.29. The van der Waals surface area contributed by atoms with Crippen LogP contribution in [0.15, 0.2) is 158 Å². The van der Waals surface area contributed by atoms with Gasteiger partial charge in [0.1, 0.15) is 47.8 Å². The highest BCUT2D eigenvalue weighted by molar-refractivity contribution is 6.00. The lowest BCUT2D eigenvalue weighted by Gasteiger charge is -2.40. The van der Waals surface area contributed by atoms with Gasteiger partial charge in [-0.2, -0.15) is 0 Å². The van der Waals surface area contributed by atoms with Crippen molar-refractivity contribution in [2.75, 3.05) is 0 Å². The quantitative estimate of drug-likeness (QED) is 0.101. The molecule has 3 aliphatic rings. The van der Waals surface area contributed by atoms with Crippen LogP contribution in [-0.2, 0) is 80.4 Å². The molecule has 5 heterocycles. The molecular weight excluding hydrogens is 961 g/mol. The van der Waals surface area contributed by atoms with E-state index < -0.39 is 71.7 Å². The van der Waals surface area contributed by atoms with Crippen LogP contribution in [0.5, 0.6) is 11.5 Å². The van der Waals surface area contributed by atoms with Gasteiger partial charge in [0.2, 0.25) is 35.4 Å². The molecule has 6 aromatic carbocycles. The number of phenolic OH excluding ortho intramolecular Hbond substituents is 2. The number of phenols is 2. The maximum atomic E-state index is 15.6. The van der Waals surface area contributed by atoms with Crippen LogP contribution in [0, 0.1) is 0 Å². The number of para-hydroxylation sites is 2. The lowest BCUT2D eigenvalue weighted by Crippen LogP contribution is -2.64. The number of benzene rings is 6. The zero-order chi connectivity index (χ0) is 52.5. The van der Waals surface area contributed by atoms with Crippen LogP contribution in [0.3, 0.4) is 0 Å². The molecule has 0 bridgehead atoms. The fourth-order valence-corrected chi connectivity index (χ4v) is 11.1. The topological polar surface area (TPSA) is 229 Å². The molecule has 0 unspecified atom stereocenters. The first-order chi connectivity index (χ1) is 36.9. The van der Waals surface area contributed by atoms with E-state index in [2.05, 4.69) is 31.2 Å². The van der Waals surface area contributed by atoms with Crippen molar-refractivity contribution in [2.24, 2.45) is 0 Å². The minimum absolute atomic E-state index is 0.00506. The van der Waals surface area contributed by atoms with E-state index in [0.29, 0.717) is 22.3 Å². The molecule has 0 radical (unpaired) electrons. The summed E-state index contributed by atoms with van der Waals surface area (Å²) in [6, 6.07) is 35.1. The highest BCUT2D eigenvalue weighted by Gasteiger charge is 2.43. The third kappa shape index (κ3) is 10.2. The Bertz CT molecular complexity index is 3280. The van der Waals surface area contributed by atoms with E-state index in [1.807, 2.05) is 97.1 Å². The number of aromatic amines is 2. The third-order valence-electron chi connectivity index (χ3n) is 15.1. The number of rotatable bonds is 8. The van der Waals surface area contributed by atoms with Crippen LogP contribution in [0.4, 0.5) is 0 Å². The standard InChI is InChI=1S/C60H56N8O8/c69-43-21-17-35(18-22-43)25-51-59(75)67-33-39-11-3-1-9-37(39)29-53(67)57(73)63-49(27-41-31-61-47-15-7-5-13-45(41)47)55(71)66-52(26-36-19-23-44(70)24-20-36)60(76)68-34-40-12-4-2-10-38(40)30-54(68)58(74)64-50(56(72)65-51)28-42-32-62-48-16-8-6-14-46(42)48/h1-24,31-32,49-54,61-62,69-70H,25-30,33-34H2,(H,63,73)(H,64,74)(H,65,72)(H,66,71)/t49-,50-,51-,52-,53+,54+/m0/s1. The van der Waals surface area contributed by atoms with Gasteiger partial charge in [0.15, 0.2) is 0 Å². The molecule has 0 saturated carbocycles. The molecule has 0 spiro atoms. The summed E-state index contributed by atoms with van der Waals surface area (Å²) in [4.78, 5) is 102. The molecule has 16 heteroatoms. The monoisotopic (exact) mass is 1020 g/mol. The smallest absolute Gasteiger partial charge is 0.246 e. The van der Waals surface area contributed by atoms with Gasteiger partial charge < -0.3 is 51.2 Å². The van der Waals surface area contributed by atoms with E-state index in [0.717, 1.165) is 44.1 Å². The van der Waals surface area contributed by atoms with Crippen LogP contribution >= 0.6 is 0 Å². The van der Waals surface area contributed by atoms with Crippen molar-refractivity contribution in [1.29, 1.82) is 0 Å². The molecule has 1 fully saturated rings. The van der Waals surface area contributed by atoms with Gasteiger partial charge in [-0.05, 0) is 80.9 Å². The third-order valence-corrected chi connectivity index (χ3v) is 15.1. The lowest BCUT2D eigenvalue weighted by molar-refractivity contribution is -0.147. The number of nitrogens with zero attached hydrogens (tertiary/aromatic N) is 2. The van der Waals surface area contributed by atoms with Crippen molar-refractivity contribution in [3.63, 3.8) is 0 Å². The van der Waals surface area contributed by atoms with Crippen LogP contribution in [0.25, 0.3) is 21.8 Å². The van der Waals surface area contributed by atoms with Gasteiger partial charge in [0.25, 0.3) is 0 Å². The Balaban J connectivity index is 1.05. The summed E-state index contributed by atoms with van der Waals surface area (Å²) >= 11 is 0. The van der Waals surface area contributed by atoms with E-state index in [4.69, 9.17) is 0 Å². The van der Waals surface area contributed by atoms with E-state index in [1.54, 1.807) is 36.7 Å². The summed E-state index contributed by atoms with van der Waals surface area (Å²) in [6.07, 6.45) is 3.57. The molecule has 8 N–H and O–H groups in total. The zero-order valence-corrected chi connectivity index (χ0v) is 41.4. The van der Waals surface area contributed by atoms with E-state index >= 15 is 28.8 Å². The van der Waals surface area contributed by atoms with Gasteiger partial charge in [0.05, 0.1) is 0 Å². The van der Waals surface area contributed by atoms with E-state index in [9.17, 15) is 10.2 Å². The predicted octanol–water partition coefficient (Wildman–Crippen LogP) is 5.19. The molecule has 3 aliphatic heterocycles. The number of carbonyl (C=O) groups is 6. The lowest BCUT2D eigenvalue weighted by atomic mass is 9.91. The summed E-state index contributed by atoms with van der Waals surface area (Å²) in [5, 5.41) is 34.2. The van der Waals surface area contributed by atoms with Gasteiger partial charge in [-0.25, -0.2) is 0 Å². The zero-order valence-electron chi connectivity index (χ0n) is 41.4. The van der Waals surface area contributed by atoms with Crippen LogP contribution < -0.4 is 21.3 Å². The number of aromatic hydroxyl groups is 2. The molecule has 6 amide bonds. The Labute approximate surface area is 437 Å². The summed E-state index contributed by atoms with van der Waals surface area (Å²) in [5.41, 5.74) is 7.48. The van der Waals surface area contributed by atoms with Gasteiger partial charge in [0, 0.05) is 85.8 Å². The fourth-order valence-electron chi connectivity index (χ4n) is 11.1. The Kier molecular flexibility index (Phi) is 13.5. The highest BCUT2D eigenvalue weighted by atomic mass is 16.3. The molecule has 1 saturated heterocycles. The van der Waals surface area contributed by atoms with Crippen molar-refractivity contribution < 1.29 is 39.0 Å². The molecule has 16 nitrogen and oxygen atoms in total. The average Bonchev–Trinajstić information content (AvgIpc) is 4.07. The van der Waals surface area contributed by atoms with Crippen molar-refractivity contribution >= 4 is 57.2 Å². The second-order valence-electron chi connectivity index (χ2n) is 20.0. The Morgan fingerprint density at radius 1 is 0.395 bits per heavy atom. The number of nitrogens with one attached hydrogen (secondary N) is 6. The normalized spacial score (nSPS) is 21.5. The molecular formula is C60H56N8O8. The van der Waals surface area contributed by atoms with Crippen molar-refractivity contribution in [2.45, 2.75) is 87.9 Å². The molecule has 76 heavy (non-hydrogen) atoms. The average molecular weight is 1020 g/mol. The number of amides is 6. The van der Waals surface area contributed by atoms with Gasteiger partial charge in [-0.15, -0.1) is 0 Å². The van der Waals surface area contributed by atoms with Gasteiger partial charge in [-0.1, -0.05) is 109 Å². The second-order valence-corrected chi connectivity index (χ2v) is 20.0. The molecule has 0 aliphatic carbocycles. The van der Waals surface area contributed by atoms with Crippen molar-refractivity contribution in [1.82, 2.24) is 41.0 Å². The first-order valence-corrected chi connectivity index (χ1v) is 25.5.